The van der Waals surface area contributed by atoms with Gasteiger partial charge in [0.15, 0.2) is 5.82 Å². The molecule has 1 heterocycles. The third-order valence-corrected chi connectivity index (χ3v) is 3.98. The van der Waals surface area contributed by atoms with Crippen LogP contribution in [0.25, 0.3) is 0 Å². The molecule has 1 aliphatic carbocycles. The van der Waals surface area contributed by atoms with Gasteiger partial charge in [0.25, 0.3) is 5.91 Å². The fraction of sp³-hybridized carbons (Fsp3) is 0.571. The highest BCUT2D eigenvalue weighted by Crippen LogP contribution is 2.23. The van der Waals surface area contributed by atoms with E-state index in [4.69, 9.17) is 0 Å². The van der Waals surface area contributed by atoms with Gasteiger partial charge in [0.2, 0.25) is 0 Å². The maximum absolute atomic E-state index is 13.6. The first kappa shape index (κ1) is 13.9. The van der Waals surface area contributed by atoms with E-state index in [-0.39, 0.29) is 17.5 Å². The monoisotopic (exact) mass is 265 g/mol. The van der Waals surface area contributed by atoms with E-state index in [9.17, 15) is 9.18 Å². The van der Waals surface area contributed by atoms with E-state index in [1.54, 1.807) is 11.9 Å². The van der Waals surface area contributed by atoms with Crippen LogP contribution in [0.4, 0.5) is 4.39 Å². The standard InChI is InChI=1S/C14H20FN3O/c1-16-10-3-5-11(6-4-10)18(2)14(19)12-7-8-17-9-13(12)15/h7-11,16H,3-6H2,1-2H3. The molecule has 0 unspecified atom stereocenters. The second-order valence-electron chi connectivity index (χ2n) is 5.07. The Morgan fingerprint density at radius 3 is 2.68 bits per heavy atom. The molecule has 2 rings (SSSR count). The Hall–Kier alpha value is -1.49. The molecule has 1 saturated carbocycles. The van der Waals surface area contributed by atoms with E-state index < -0.39 is 5.82 Å². The molecule has 1 fully saturated rings. The molecule has 4 nitrogen and oxygen atoms in total. The van der Waals surface area contributed by atoms with Crippen molar-refractivity contribution in [2.75, 3.05) is 14.1 Å². The molecule has 5 heteroatoms. The van der Waals surface area contributed by atoms with E-state index in [0.29, 0.717) is 6.04 Å². The molecular weight excluding hydrogens is 245 g/mol. The van der Waals surface area contributed by atoms with Crippen LogP contribution < -0.4 is 5.32 Å². The number of hydrogen-bond acceptors (Lipinski definition) is 3. The Balaban J connectivity index is 2.02. The molecule has 0 saturated heterocycles. The van der Waals surface area contributed by atoms with Crippen LogP contribution in [-0.2, 0) is 0 Å². The Morgan fingerprint density at radius 1 is 1.42 bits per heavy atom. The Kier molecular flexibility index (Phi) is 4.47. The fourth-order valence-electron chi connectivity index (χ4n) is 2.66. The number of halogens is 1. The summed E-state index contributed by atoms with van der Waals surface area (Å²) in [6, 6.07) is 2.18. The maximum atomic E-state index is 13.6. The van der Waals surface area contributed by atoms with E-state index in [0.717, 1.165) is 31.9 Å². The summed E-state index contributed by atoms with van der Waals surface area (Å²) in [5.74, 6) is -0.809. The topological polar surface area (TPSA) is 45.2 Å². The average Bonchev–Trinajstić information content (AvgIpc) is 2.46. The van der Waals surface area contributed by atoms with Gasteiger partial charge in [0.1, 0.15) is 0 Å². The minimum Gasteiger partial charge on any atom is -0.339 e. The predicted molar refractivity (Wildman–Crippen MR) is 71.4 cm³/mol. The molecule has 1 N–H and O–H groups in total. The molecule has 0 bridgehead atoms. The van der Waals surface area contributed by atoms with Crippen LogP contribution in [-0.4, -0.2) is 42.0 Å². The number of nitrogens with zero attached hydrogens (tertiary/aromatic N) is 2. The van der Waals surface area contributed by atoms with E-state index in [2.05, 4.69) is 10.3 Å². The van der Waals surface area contributed by atoms with Crippen molar-refractivity contribution < 1.29 is 9.18 Å². The van der Waals surface area contributed by atoms with Crippen LogP contribution in [0.15, 0.2) is 18.5 Å². The summed E-state index contributed by atoms with van der Waals surface area (Å²) < 4.78 is 13.6. The van der Waals surface area contributed by atoms with E-state index in [1.807, 2.05) is 7.05 Å². The largest absolute Gasteiger partial charge is 0.339 e. The zero-order chi connectivity index (χ0) is 13.8. The first-order valence-corrected chi connectivity index (χ1v) is 6.67. The summed E-state index contributed by atoms with van der Waals surface area (Å²) in [6.07, 6.45) is 6.55. The van der Waals surface area contributed by atoms with Crippen molar-refractivity contribution in [3.05, 3.63) is 29.8 Å². The van der Waals surface area contributed by atoms with Crippen molar-refractivity contribution in [1.29, 1.82) is 0 Å². The first-order valence-electron chi connectivity index (χ1n) is 6.67. The van der Waals surface area contributed by atoms with Crippen LogP contribution in [0.3, 0.4) is 0 Å². The molecule has 0 radical (unpaired) electrons. The Morgan fingerprint density at radius 2 is 2.11 bits per heavy atom. The molecule has 0 atom stereocenters. The SMILES string of the molecule is CNC1CCC(N(C)C(=O)c2ccncc2F)CC1. The third-order valence-electron chi connectivity index (χ3n) is 3.98. The molecule has 0 aromatic carbocycles. The molecule has 0 aliphatic heterocycles. The Bertz CT molecular complexity index is 444. The summed E-state index contributed by atoms with van der Waals surface area (Å²) in [5, 5.41) is 3.26. The van der Waals surface area contributed by atoms with Crippen molar-refractivity contribution in [3.63, 3.8) is 0 Å². The van der Waals surface area contributed by atoms with Gasteiger partial charge in [-0.3, -0.25) is 9.78 Å². The summed E-state index contributed by atoms with van der Waals surface area (Å²) in [5.41, 5.74) is 0.105. The van der Waals surface area contributed by atoms with Crippen LogP contribution >= 0.6 is 0 Å². The maximum Gasteiger partial charge on any atom is 0.256 e. The predicted octanol–water partition coefficient (Wildman–Crippen LogP) is 1.82. The number of hydrogen-bond donors (Lipinski definition) is 1. The highest BCUT2D eigenvalue weighted by molar-refractivity contribution is 5.94. The molecular formula is C14H20FN3O. The molecule has 0 spiro atoms. The third kappa shape index (κ3) is 3.10. The Labute approximate surface area is 113 Å². The number of carbonyl (C=O) groups excluding carboxylic acids is 1. The second-order valence-corrected chi connectivity index (χ2v) is 5.07. The quantitative estimate of drug-likeness (QED) is 0.906. The highest BCUT2D eigenvalue weighted by atomic mass is 19.1. The number of aromatic nitrogens is 1. The van der Waals surface area contributed by atoms with E-state index >= 15 is 0 Å². The van der Waals surface area contributed by atoms with Crippen LogP contribution in [0.5, 0.6) is 0 Å². The van der Waals surface area contributed by atoms with Crippen LogP contribution in [0.1, 0.15) is 36.0 Å². The van der Waals surface area contributed by atoms with Crippen LogP contribution in [0.2, 0.25) is 0 Å². The second kappa shape index (κ2) is 6.10. The fourth-order valence-corrected chi connectivity index (χ4v) is 2.66. The number of amides is 1. The lowest BCUT2D eigenvalue weighted by Gasteiger charge is -2.34. The molecule has 1 aromatic heterocycles. The van der Waals surface area contributed by atoms with Crippen molar-refractivity contribution in [2.24, 2.45) is 0 Å². The van der Waals surface area contributed by atoms with Gasteiger partial charge in [-0.05, 0) is 38.8 Å². The highest BCUT2D eigenvalue weighted by Gasteiger charge is 2.27. The summed E-state index contributed by atoms with van der Waals surface area (Å²) in [7, 11) is 3.72. The number of pyridine rings is 1. The number of carbonyl (C=O) groups is 1. The summed E-state index contributed by atoms with van der Waals surface area (Å²) in [4.78, 5) is 17.6. The van der Waals surface area contributed by atoms with Crippen molar-refractivity contribution in [1.82, 2.24) is 15.2 Å². The molecule has 1 aromatic rings. The van der Waals surface area contributed by atoms with Gasteiger partial charge in [-0.2, -0.15) is 0 Å². The van der Waals surface area contributed by atoms with Gasteiger partial charge < -0.3 is 10.2 Å². The normalized spacial score (nSPS) is 23.1. The smallest absolute Gasteiger partial charge is 0.256 e. The average molecular weight is 265 g/mol. The zero-order valence-electron chi connectivity index (χ0n) is 11.4. The lowest BCUT2D eigenvalue weighted by Crippen LogP contribution is -2.42. The lowest BCUT2D eigenvalue weighted by molar-refractivity contribution is 0.0681. The van der Waals surface area contributed by atoms with Gasteiger partial charge in [-0.1, -0.05) is 0 Å². The molecule has 19 heavy (non-hydrogen) atoms. The zero-order valence-corrected chi connectivity index (χ0v) is 11.4. The van der Waals surface area contributed by atoms with Crippen molar-refractivity contribution in [2.45, 2.75) is 37.8 Å². The van der Waals surface area contributed by atoms with Crippen molar-refractivity contribution >= 4 is 5.91 Å². The number of nitrogens with one attached hydrogen (secondary N) is 1. The molecule has 1 aliphatic rings. The van der Waals surface area contributed by atoms with Crippen LogP contribution in [0, 0.1) is 5.82 Å². The van der Waals surface area contributed by atoms with Gasteiger partial charge in [0, 0.05) is 25.3 Å². The summed E-state index contributed by atoms with van der Waals surface area (Å²) in [6.45, 7) is 0. The number of rotatable bonds is 3. The van der Waals surface area contributed by atoms with Gasteiger partial charge in [-0.15, -0.1) is 0 Å². The molecule has 104 valence electrons. The first-order chi connectivity index (χ1) is 9.13. The van der Waals surface area contributed by atoms with Crippen molar-refractivity contribution in [3.8, 4) is 0 Å². The van der Waals surface area contributed by atoms with E-state index in [1.165, 1.54) is 12.3 Å². The molecule has 1 amide bonds. The lowest BCUT2D eigenvalue weighted by atomic mass is 9.90. The van der Waals surface area contributed by atoms with Gasteiger partial charge in [0.05, 0.1) is 11.8 Å². The van der Waals surface area contributed by atoms with Gasteiger partial charge >= 0.3 is 0 Å². The minimum absolute atomic E-state index is 0.105. The van der Waals surface area contributed by atoms with Gasteiger partial charge in [-0.25, -0.2) is 4.39 Å². The minimum atomic E-state index is -0.553. The summed E-state index contributed by atoms with van der Waals surface area (Å²) >= 11 is 0.